The molecule has 0 aromatic carbocycles. The van der Waals surface area contributed by atoms with Gasteiger partial charge in [-0.15, -0.1) is 0 Å². The first-order chi connectivity index (χ1) is 4.83. The van der Waals surface area contributed by atoms with Crippen LogP contribution in [-0.4, -0.2) is 32.2 Å². The average molecular weight is 146 g/mol. The fraction of sp³-hybridized carbons (Fsp3) is 1.00. The van der Waals surface area contributed by atoms with Crippen LogP contribution in [0.1, 0.15) is 13.8 Å². The Morgan fingerprint density at radius 2 is 2.30 bits per heavy atom. The van der Waals surface area contributed by atoms with Crippen molar-refractivity contribution in [2.24, 2.45) is 0 Å². The molecule has 0 aromatic heterocycles. The van der Waals surface area contributed by atoms with E-state index in [1.807, 2.05) is 13.8 Å². The van der Waals surface area contributed by atoms with Crippen molar-refractivity contribution < 1.29 is 14.2 Å². The van der Waals surface area contributed by atoms with Gasteiger partial charge >= 0.3 is 0 Å². The number of ether oxygens (including phenoxy) is 3. The highest BCUT2D eigenvalue weighted by molar-refractivity contribution is 4.67. The van der Waals surface area contributed by atoms with Crippen LogP contribution in [0.5, 0.6) is 0 Å². The lowest BCUT2D eigenvalue weighted by Crippen LogP contribution is -2.15. The van der Waals surface area contributed by atoms with Crippen LogP contribution in [0.2, 0.25) is 0 Å². The summed E-state index contributed by atoms with van der Waals surface area (Å²) in [5.41, 5.74) is 0. The lowest BCUT2D eigenvalue weighted by molar-refractivity contribution is -0.129. The van der Waals surface area contributed by atoms with Gasteiger partial charge in [-0.1, -0.05) is 0 Å². The third-order valence-electron chi connectivity index (χ3n) is 1.32. The molecule has 10 heavy (non-hydrogen) atoms. The summed E-state index contributed by atoms with van der Waals surface area (Å²) in [6, 6.07) is 0. The zero-order valence-electron chi connectivity index (χ0n) is 6.50. The van der Waals surface area contributed by atoms with Crippen molar-refractivity contribution >= 4 is 0 Å². The van der Waals surface area contributed by atoms with E-state index in [1.54, 1.807) is 0 Å². The minimum Gasteiger partial charge on any atom is -0.371 e. The van der Waals surface area contributed by atoms with Crippen molar-refractivity contribution in [2.75, 3.05) is 19.8 Å². The fourth-order valence-electron chi connectivity index (χ4n) is 0.690. The van der Waals surface area contributed by atoms with Crippen LogP contribution in [-0.2, 0) is 14.2 Å². The molecule has 0 spiro atoms. The second kappa shape index (κ2) is 3.91. The van der Waals surface area contributed by atoms with Gasteiger partial charge in [-0.25, -0.2) is 0 Å². The molecule has 3 nitrogen and oxygen atoms in total. The molecule has 2 atom stereocenters. The predicted octanol–water partition coefficient (Wildman–Crippen LogP) is 0.784. The molecule has 0 amide bonds. The summed E-state index contributed by atoms with van der Waals surface area (Å²) in [4.78, 5) is 0. The molecular formula is C7H14O3. The van der Waals surface area contributed by atoms with Gasteiger partial charge < -0.3 is 14.2 Å². The number of hydrogen-bond acceptors (Lipinski definition) is 3. The van der Waals surface area contributed by atoms with E-state index in [9.17, 15) is 0 Å². The molecule has 1 saturated heterocycles. The smallest absolute Gasteiger partial charge is 0.154 e. The average Bonchev–Trinajstić information content (AvgIpc) is 2.67. The first-order valence-electron chi connectivity index (χ1n) is 3.67. The Labute approximate surface area is 61.3 Å². The van der Waals surface area contributed by atoms with Crippen LogP contribution in [0.15, 0.2) is 0 Å². The van der Waals surface area contributed by atoms with Gasteiger partial charge in [0.05, 0.1) is 13.2 Å². The second-order valence-corrected chi connectivity index (χ2v) is 2.31. The number of hydrogen-bond donors (Lipinski definition) is 0. The van der Waals surface area contributed by atoms with Gasteiger partial charge in [-0.3, -0.25) is 0 Å². The minimum absolute atomic E-state index is 0.0887. The van der Waals surface area contributed by atoms with Crippen molar-refractivity contribution in [3.63, 3.8) is 0 Å². The normalized spacial score (nSPS) is 26.4. The van der Waals surface area contributed by atoms with Crippen LogP contribution >= 0.6 is 0 Å². The second-order valence-electron chi connectivity index (χ2n) is 2.31. The molecule has 0 bridgehead atoms. The lowest BCUT2D eigenvalue weighted by atomic mass is 10.5. The van der Waals surface area contributed by atoms with Crippen molar-refractivity contribution in [1.82, 2.24) is 0 Å². The summed E-state index contributed by atoms with van der Waals surface area (Å²) in [6.45, 7) is 6.06. The molecule has 0 aromatic rings. The minimum atomic E-state index is -0.0887. The molecule has 0 aliphatic carbocycles. The Hall–Kier alpha value is -0.120. The molecule has 1 aliphatic heterocycles. The van der Waals surface area contributed by atoms with E-state index in [4.69, 9.17) is 14.2 Å². The van der Waals surface area contributed by atoms with Crippen LogP contribution in [0.4, 0.5) is 0 Å². The van der Waals surface area contributed by atoms with Gasteiger partial charge in [0.2, 0.25) is 0 Å². The van der Waals surface area contributed by atoms with E-state index in [1.165, 1.54) is 0 Å². The third kappa shape index (κ3) is 3.15. The van der Waals surface area contributed by atoms with Crippen molar-refractivity contribution in [3.05, 3.63) is 0 Å². The first kappa shape index (κ1) is 7.98. The zero-order chi connectivity index (χ0) is 7.40. The van der Waals surface area contributed by atoms with E-state index in [0.29, 0.717) is 19.3 Å². The highest BCUT2D eigenvalue weighted by Crippen LogP contribution is 2.09. The maximum Gasteiger partial charge on any atom is 0.154 e. The molecule has 0 radical (unpaired) electrons. The largest absolute Gasteiger partial charge is 0.371 e. The van der Waals surface area contributed by atoms with Gasteiger partial charge in [-0.05, 0) is 13.8 Å². The molecule has 0 N–H and O–H groups in total. The maximum absolute atomic E-state index is 5.26. The van der Waals surface area contributed by atoms with Gasteiger partial charge in [-0.2, -0.15) is 0 Å². The van der Waals surface area contributed by atoms with Crippen LogP contribution in [0.25, 0.3) is 0 Å². The molecule has 2 unspecified atom stereocenters. The summed E-state index contributed by atoms with van der Waals surface area (Å²) in [5, 5.41) is 0. The SMILES string of the molecule is CCOC(C)OCC1CO1. The highest BCUT2D eigenvalue weighted by atomic mass is 16.7. The highest BCUT2D eigenvalue weighted by Gasteiger charge is 2.23. The standard InChI is InChI=1S/C7H14O3/c1-3-8-6(2)9-4-7-5-10-7/h6-7H,3-5H2,1-2H3. The van der Waals surface area contributed by atoms with Gasteiger partial charge in [0.15, 0.2) is 6.29 Å². The zero-order valence-corrected chi connectivity index (χ0v) is 6.50. The third-order valence-corrected chi connectivity index (χ3v) is 1.32. The van der Waals surface area contributed by atoms with Crippen molar-refractivity contribution in [3.8, 4) is 0 Å². The van der Waals surface area contributed by atoms with E-state index in [0.717, 1.165) is 6.61 Å². The molecule has 3 heteroatoms. The summed E-state index contributed by atoms with van der Waals surface area (Å²) in [6.07, 6.45) is 0.247. The predicted molar refractivity (Wildman–Crippen MR) is 36.8 cm³/mol. The van der Waals surface area contributed by atoms with Gasteiger partial charge in [0, 0.05) is 6.61 Å². The quantitative estimate of drug-likeness (QED) is 0.424. The van der Waals surface area contributed by atoms with Crippen molar-refractivity contribution in [2.45, 2.75) is 26.2 Å². The lowest BCUT2D eigenvalue weighted by Gasteiger charge is -2.10. The molecule has 1 heterocycles. The van der Waals surface area contributed by atoms with E-state index in [2.05, 4.69) is 0 Å². The molecule has 1 rings (SSSR count). The molecule has 0 saturated carbocycles. The van der Waals surface area contributed by atoms with E-state index < -0.39 is 0 Å². The van der Waals surface area contributed by atoms with Crippen LogP contribution < -0.4 is 0 Å². The number of rotatable bonds is 5. The monoisotopic (exact) mass is 146 g/mol. The van der Waals surface area contributed by atoms with Crippen molar-refractivity contribution in [1.29, 1.82) is 0 Å². The Kier molecular flexibility index (Phi) is 3.12. The number of epoxide rings is 1. The first-order valence-corrected chi connectivity index (χ1v) is 3.67. The van der Waals surface area contributed by atoms with Crippen LogP contribution in [0.3, 0.4) is 0 Å². The topological polar surface area (TPSA) is 31.0 Å². The van der Waals surface area contributed by atoms with Gasteiger partial charge in [0.25, 0.3) is 0 Å². The summed E-state index contributed by atoms with van der Waals surface area (Å²) >= 11 is 0. The van der Waals surface area contributed by atoms with Gasteiger partial charge in [0.1, 0.15) is 6.10 Å². The molecular weight excluding hydrogens is 132 g/mol. The Bertz CT molecular complexity index is 90.9. The Balaban J connectivity index is 1.89. The summed E-state index contributed by atoms with van der Waals surface area (Å²) in [7, 11) is 0. The maximum atomic E-state index is 5.26. The molecule has 1 fully saturated rings. The van der Waals surface area contributed by atoms with Crippen LogP contribution in [0, 0.1) is 0 Å². The summed E-state index contributed by atoms with van der Waals surface area (Å²) in [5.74, 6) is 0. The fourth-order valence-corrected chi connectivity index (χ4v) is 0.690. The molecule has 60 valence electrons. The summed E-state index contributed by atoms with van der Waals surface area (Å²) < 4.78 is 15.4. The van der Waals surface area contributed by atoms with E-state index in [-0.39, 0.29) is 6.29 Å². The molecule has 1 aliphatic rings. The van der Waals surface area contributed by atoms with E-state index >= 15 is 0 Å². The Morgan fingerprint density at radius 1 is 1.60 bits per heavy atom. The Morgan fingerprint density at radius 3 is 2.80 bits per heavy atom.